The van der Waals surface area contributed by atoms with Gasteiger partial charge in [0.15, 0.2) is 5.82 Å². The molecule has 1 aromatic carbocycles. The molecule has 0 bridgehead atoms. The first-order valence-corrected chi connectivity index (χ1v) is 8.26. The van der Waals surface area contributed by atoms with Crippen molar-refractivity contribution in [2.45, 2.75) is 18.9 Å². The molecule has 4 nitrogen and oxygen atoms in total. The number of benzene rings is 1. The SMILES string of the molecule is CCN(CC)CCSc1cc(N)nc(-c2ccccc2)n1. The molecule has 2 rings (SSSR count). The Balaban J connectivity index is 2.06. The lowest BCUT2D eigenvalue weighted by atomic mass is 10.2. The van der Waals surface area contributed by atoms with E-state index in [0.29, 0.717) is 11.6 Å². The zero-order valence-corrected chi connectivity index (χ0v) is 13.4. The highest BCUT2D eigenvalue weighted by molar-refractivity contribution is 7.99. The van der Waals surface area contributed by atoms with Crippen molar-refractivity contribution in [1.82, 2.24) is 14.9 Å². The standard InChI is InChI=1S/C16H22N4S/c1-3-20(4-2)10-11-21-15-12-14(17)18-16(19-15)13-8-6-5-7-9-13/h5-9,12H,3-4,10-11H2,1-2H3,(H2,17,18,19). The molecule has 5 heteroatoms. The largest absolute Gasteiger partial charge is 0.384 e. The van der Waals surface area contributed by atoms with Crippen molar-refractivity contribution in [1.29, 1.82) is 0 Å². The van der Waals surface area contributed by atoms with Crippen molar-refractivity contribution < 1.29 is 0 Å². The number of nitrogen functional groups attached to an aromatic ring is 1. The Bertz CT molecular complexity index is 555. The molecule has 0 saturated heterocycles. The van der Waals surface area contributed by atoms with Gasteiger partial charge in [-0.2, -0.15) is 0 Å². The van der Waals surface area contributed by atoms with E-state index in [1.165, 1.54) is 0 Å². The molecule has 0 aliphatic heterocycles. The van der Waals surface area contributed by atoms with Crippen LogP contribution in [0.5, 0.6) is 0 Å². The predicted molar refractivity (Wildman–Crippen MR) is 90.4 cm³/mol. The summed E-state index contributed by atoms with van der Waals surface area (Å²) >= 11 is 1.73. The number of anilines is 1. The second kappa shape index (κ2) is 8.00. The van der Waals surface area contributed by atoms with Gasteiger partial charge in [-0.3, -0.25) is 0 Å². The van der Waals surface area contributed by atoms with Crippen LogP contribution in [-0.4, -0.2) is 40.3 Å². The normalized spacial score (nSPS) is 11.0. The highest BCUT2D eigenvalue weighted by atomic mass is 32.2. The van der Waals surface area contributed by atoms with Gasteiger partial charge in [-0.25, -0.2) is 9.97 Å². The lowest BCUT2D eigenvalue weighted by Gasteiger charge is -2.17. The van der Waals surface area contributed by atoms with Crippen LogP contribution in [0.2, 0.25) is 0 Å². The molecule has 0 unspecified atom stereocenters. The molecule has 2 aromatic rings. The van der Waals surface area contributed by atoms with Crippen LogP contribution in [0.25, 0.3) is 11.4 Å². The van der Waals surface area contributed by atoms with Crippen molar-refractivity contribution >= 4 is 17.6 Å². The van der Waals surface area contributed by atoms with Crippen LogP contribution in [0.1, 0.15) is 13.8 Å². The van der Waals surface area contributed by atoms with E-state index in [1.807, 2.05) is 36.4 Å². The summed E-state index contributed by atoms with van der Waals surface area (Å²) in [6, 6.07) is 11.8. The van der Waals surface area contributed by atoms with Crippen LogP contribution in [0, 0.1) is 0 Å². The second-order valence-electron chi connectivity index (χ2n) is 4.70. The van der Waals surface area contributed by atoms with Gasteiger partial charge >= 0.3 is 0 Å². The highest BCUT2D eigenvalue weighted by Gasteiger charge is 2.06. The van der Waals surface area contributed by atoms with Gasteiger partial charge in [-0.05, 0) is 13.1 Å². The number of thioether (sulfide) groups is 1. The van der Waals surface area contributed by atoms with Gasteiger partial charge in [-0.15, -0.1) is 11.8 Å². The Kier molecular flexibility index (Phi) is 6.02. The van der Waals surface area contributed by atoms with Crippen LogP contribution >= 0.6 is 11.8 Å². The third-order valence-corrected chi connectivity index (χ3v) is 4.20. The summed E-state index contributed by atoms with van der Waals surface area (Å²) in [5.74, 6) is 2.22. The Morgan fingerprint density at radius 1 is 1.10 bits per heavy atom. The zero-order valence-electron chi connectivity index (χ0n) is 12.6. The summed E-state index contributed by atoms with van der Waals surface area (Å²) < 4.78 is 0. The van der Waals surface area contributed by atoms with Crippen molar-refractivity contribution in [2.75, 3.05) is 31.1 Å². The van der Waals surface area contributed by atoms with E-state index in [-0.39, 0.29) is 0 Å². The Morgan fingerprint density at radius 2 is 1.81 bits per heavy atom. The minimum atomic E-state index is 0.522. The van der Waals surface area contributed by atoms with E-state index in [4.69, 9.17) is 5.73 Å². The van der Waals surface area contributed by atoms with Gasteiger partial charge in [0.2, 0.25) is 0 Å². The van der Waals surface area contributed by atoms with Crippen LogP contribution in [0.4, 0.5) is 5.82 Å². The molecular weight excluding hydrogens is 280 g/mol. The quantitative estimate of drug-likeness (QED) is 0.629. The van der Waals surface area contributed by atoms with Gasteiger partial charge in [-0.1, -0.05) is 44.2 Å². The molecule has 0 amide bonds. The first-order chi connectivity index (χ1) is 10.2. The molecule has 1 heterocycles. The molecule has 0 saturated carbocycles. The number of nitrogens with two attached hydrogens (primary N) is 1. The lowest BCUT2D eigenvalue weighted by Crippen LogP contribution is -2.25. The zero-order chi connectivity index (χ0) is 15.1. The maximum Gasteiger partial charge on any atom is 0.162 e. The molecule has 0 atom stereocenters. The van der Waals surface area contributed by atoms with Crippen molar-refractivity contribution in [3.8, 4) is 11.4 Å². The van der Waals surface area contributed by atoms with Gasteiger partial charge in [0, 0.05) is 23.9 Å². The maximum atomic E-state index is 5.91. The topological polar surface area (TPSA) is 55.0 Å². The Labute approximate surface area is 130 Å². The lowest BCUT2D eigenvalue weighted by molar-refractivity contribution is 0.324. The molecule has 0 aliphatic carbocycles. The summed E-state index contributed by atoms with van der Waals surface area (Å²) in [4.78, 5) is 11.3. The minimum Gasteiger partial charge on any atom is -0.384 e. The second-order valence-corrected chi connectivity index (χ2v) is 5.81. The van der Waals surface area contributed by atoms with Gasteiger partial charge < -0.3 is 10.6 Å². The summed E-state index contributed by atoms with van der Waals surface area (Å²) in [5, 5.41) is 0.938. The van der Waals surface area contributed by atoms with E-state index < -0.39 is 0 Å². The van der Waals surface area contributed by atoms with Gasteiger partial charge in [0.1, 0.15) is 10.8 Å². The molecule has 1 aromatic heterocycles. The fourth-order valence-electron chi connectivity index (χ4n) is 2.05. The number of hydrogen-bond acceptors (Lipinski definition) is 5. The fourth-order valence-corrected chi connectivity index (χ4v) is 2.97. The van der Waals surface area contributed by atoms with E-state index in [2.05, 4.69) is 28.7 Å². The number of nitrogens with zero attached hydrogens (tertiary/aromatic N) is 3. The number of rotatable bonds is 7. The third-order valence-electron chi connectivity index (χ3n) is 3.31. The monoisotopic (exact) mass is 302 g/mol. The van der Waals surface area contributed by atoms with Gasteiger partial charge in [0.25, 0.3) is 0 Å². The van der Waals surface area contributed by atoms with Crippen molar-refractivity contribution in [3.05, 3.63) is 36.4 Å². The van der Waals surface area contributed by atoms with E-state index in [0.717, 1.165) is 36.0 Å². The van der Waals surface area contributed by atoms with Crippen LogP contribution in [0.3, 0.4) is 0 Å². The van der Waals surface area contributed by atoms with Crippen LogP contribution < -0.4 is 5.73 Å². The molecule has 2 N–H and O–H groups in total. The maximum absolute atomic E-state index is 5.91. The molecule has 0 spiro atoms. The minimum absolute atomic E-state index is 0.522. The molecular formula is C16H22N4S. The van der Waals surface area contributed by atoms with Gasteiger partial charge in [0.05, 0.1) is 0 Å². The predicted octanol–water partition coefficient (Wildman–Crippen LogP) is 3.16. The average molecular weight is 302 g/mol. The fraction of sp³-hybridized carbons (Fsp3) is 0.375. The summed E-state index contributed by atoms with van der Waals surface area (Å²) in [6.07, 6.45) is 0. The molecule has 0 aliphatic rings. The first kappa shape index (κ1) is 15.8. The third kappa shape index (κ3) is 4.72. The van der Waals surface area contributed by atoms with Crippen molar-refractivity contribution in [2.24, 2.45) is 0 Å². The summed E-state index contributed by atoms with van der Waals surface area (Å²) in [7, 11) is 0. The molecule has 112 valence electrons. The molecule has 21 heavy (non-hydrogen) atoms. The summed E-state index contributed by atoms with van der Waals surface area (Å²) in [5.41, 5.74) is 6.90. The highest BCUT2D eigenvalue weighted by Crippen LogP contribution is 2.22. The van der Waals surface area contributed by atoms with E-state index >= 15 is 0 Å². The molecule has 0 fully saturated rings. The smallest absolute Gasteiger partial charge is 0.162 e. The number of hydrogen-bond donors (Lipinski definition) is 1. The van der Waals surface area contributed by atoms with E-state index in [9.17, 15) is 0 Å². The Morgan fingerprint density at radius 3 is 2.48 bits per heavy atom. The van der Waals surface area contributed by atoms with Crippen LogP contribution in [0.15, 0.2) is 41.4 Å². The van der Waals surface area contributed by atoms with Crippen LogP contribution in [-0.2, 0) is 0 Å². The first-order valence-electron chi connectivity index (χ1n) is 7.28. The van der Waals surface area contributed by atoms with E-state index in [1.54, 1.807) is 11.8 Å². The number of aromatic nitrogens is 2. The molecule has 0 radical (unpaired) electrons. The summed E-state index contributed by atoms with van der Waals surface area (Å²) in [6.45, 7) is 7.59. The Hall–Kier alpha value is -1.59. The van der Waals surface area contributed by atoms with Crippen molar-refractivity contribution in [3.63, 3.8) is 0 Å². The average Bonchev–Trinajstić information content (AvgIpc) is 2.52.